The Hall–Kier alpha value is -1.32. The van der Waals surface area contributed by atoms with Crippen LogP contribution >= 0.6 is 0 Å². The van der Waals surface area contributed by atoms with Gasteiger partial charge in [-0.3, -0.25) is 4.79 Å². The Bertz CT molecular complexity index is 390. The van der Waals surface area contributed by atoms with E-state index in [0.29, 0.717) is 30.9 Å². The molecule has 0 radical (unpaired) electrons. The fraction of sp³-hybridized carbons (Fsp3) is 0.692. The van der Waals surface area contributed by atoms with E-state index in [1.165, 1.54) is 11.3 Å². The van der Waals surface area contributed by atoms with Crippen molar-refractivity contribution in [1.29, 1.82) is 0 Å². The number of amides is 2. The molecule has 2 amide bonds. The fourth-order valence-electron chi connectivity index (χ4n) is 3.44. The largest absolute Gasteiger partial charge is 0.447 e. The van der Waals surface area contributed by atoms with Gasteiger partial charge in [0.1, 0.15) is 6.61 Å². The molecular weight excluding hydrogens is 218 g/mol. The van der Waals surface area contributed by atoms with Gasteiger partial charge in [0.15, 0.2) is 0 Å². The maximum atomic E-state index is 12.4. The zero-order valence-corrected chi connectivity index (χ0v) is 9.96. The number of nitrogens with zero attached hydrogens (tertiary/aromatic N) is 1. The molecule has 1 saturated heterocycles. The number of carbonyl (C=O) groups excluding carboxylic acids is 2. The van der Waals surface area contributed by atoms with Gasteiger partial charge in [-0.05, 0) is 30.6 Å². The first-order valence-electron chi connectivity index (χ1n) is 6.35. The molecule has 0 N–H and O–H groups in total. The van der Waals surface area contributed by atoms with Crippen molar-refractivity contribution in [3.05, 3.63) is 12.2 Å². The molecule has 1 heterocycles. The SMILES string of the molecule is C[C@@H]1[C@@H](C(=O)N2CCOC2=O)[C@@H]2C=C[C@@H]1CC2. The van der Waals surface area contributed by atoms with Crippen molar-refractivity contribution >= 4 is 12.0 Å². The van der Waals surface area contributed by atoms with E-state index in [1.807, 2.05) is 0 Å². The Morgan fingerprint density at radius 1 is 1.35 bits per heavy atom. The molecule has 0 spiro atoms. The number of cyclic esters (lactones) is 1. The molecular formula is C13H17NO3. The molecule has 1 saturated carbocycles. The van der Waals surface area contributed by atoms with E-state index in [0.717, 1.165) is 6.42 Å². The topological polar surface area (TPSA) is 46.6 Å². The predicted octanol–water partition coefficient (Wildman–Crippen LogP) is 1.81. The lowest BCUT2D eigenvalue weighted by Gasteiger charge is -2.43. The van der Waals surface area contributed by atoms with Crippen molar-refractivity contribution in [2.45, 2.75) is 19.8 Å². The Morgan fingerprint density at radius 3 is 2.59 bits per heavy atom. The van der Waals surface area contributed by atoms with Crippen LogP contribution in [0.3, 0.4) is 0 Å². The van der Waals surface area contributed by atoms with Crippen molar-refractivity contribution < 1.29 is 14.3 Å². The molecule has 4 nitrogen and oxygen atoms in total. The first kappa shape index (κ1) is 10.8. The smallest absolute Gasteiger partial charge is 0.416 e. The van der Waals surface area contributed by atoms with E-state index in [4.69, 9.17) is 4.74 Å². The van der Waals surface area contributed by atoms with E-state index in [-0.39, 0.29) is 11.8 Å². The highest BCUT2D eigenvalue weighted by Crippen LogP contribution is 2.45. The molecule has 17 heavy (non-hydrogen) atoms. The number of hydrogen-bond acceptors (Lipinski definition) is 3. The standard InChI is InChI=1S/C13H17NO3/c1-8-9-2-4-10(5-3-9)11(8)12(15)14-6-7-17-13(14)16/h2,4,8-11H,3,5-7H2,1H3/t8-,9+,10+,11+/m0/s1. The average molecular weight is 235 g/mol. The molecule has 4 atom stereocenters. The van der Waals surface area contributed by atoms with Crippen LogP contribution in [0.4, 0.5) is 4.79 Å². The van der Waals surface area contributed by atoms with Crippen LogP contribution in [0.2, 0.25) is 0 Å². The maximum absolute atomic E-state index is 12.4. The molecule has 2 bridgehead atoms. The first-order chi connectivity index (χ1) is 8.18. The minimum atomic E-state index is -0.465. The van der Waals surface area contributed by atoms with Gasteiger partial charge < -0.3 is 4.74 Å². The van der Waals surface area contributed by atoms with Crippen LogP contribution in [-0.4, -0.2) is 30.1 Å². The molecule has 3 aliphatic carbocycles. The summed E-state index contributed by atoms with van der Waals surface area (Å²) in [4.78, 5) is 25.1. The highest BCUT2D eigenvalue weighted by molar-refractivity contribution is 5.94. The molecule has 0 aromatic heterocycles. The van der Waals surface area contributed by atoms with Gasteiger partial charge in [-0.1, -0.05) is 19.1 Å². The van der Waals surface area contributed by atoms with E-state index < -0.39 is 6.09 Å². The molecule has 92 valence electrons. The lowest BCUT2D eigenvalue weighted by atomic mass is 9.62. The van der Waals surface area contributed by atoms with Gasteiger partial charge in [0.05, 0.1) is 6.54 Å². The van der Waals surface area contributed by atoms with Crippen molar-refractivity contribution in [3.8, 4) is 0 Å². The Labute approximate surface area is 101 Å². The second kappa shape index (κ2) is 3.86. The first-order valence-corrected chi connectivity index (χ1v) is 6.35. The summed E-state index contributed by atoms with van der Waals surface area (Å²) in [6.07, 6.45) is 6.19. The zero-order valence-electron chi connectivity index (χ0n) is 9.96. The van der Waals surface area contributed by atoms with Crippen LogP contribution in [0.5, 0.6) is 0 Å². The van der Waals surface area contributed by atoms with E-state index >= 15 is 0 Å². The van der Waals surface area contributed by atoms with E-state index in [1.54, 1.807) is 0 Å². The van der Waals surface area contributed by atoms with Crippen molar-refractivity contribution in [1.82, 2.24) is 4.90 Å². The minimum absolute atomic E-state index is 0.0237. The fourth-order valence-corrected chi connectivity index (χ4v) is 3.44. The van der Waals surface area contributed by atoms with Crippen LogP contribution in [0.25, 0.3) is 0 Å². The summed E-state index contributed by atoms with van der Waals surface area (Å²) in [5.41, 5.74) is 0. The summed E-state index contributed by atoms with van der Waals surface area (Å²) in [6, 6.07) is 0. The Kier molecular flexibility index (Phi) is 2.45. The number of hydrogen-bond donors (Lipinski definition) is 0. The normalized spacial score (nSPS) is 39.6. The quantitative estimate of drug-likeness (QED) is 0.651. The van der Waals surface area contributed by atoms with E-state index in [9.17, 15) is 9.59 Å². The third kappa shape index (κ3) is 1.58. The number of fused-ring (bicyclic) bond motifs is 2. The summed E-state index contributed by atoms with van der Waals surface area (Å²) in [5.74, 6) is 1.12. The molecule has 0 aromatic rings. The van der Waals surface area contributed by atoms with Gasteiger partial charge in [0.2, 0.25) is 5.91 Å². The van der Waals surface area contributed by atoms with Gasteiger partial charge >= 0.3 is 6.09 Å². The molecule has 4 heteroatoms. The van der Waals surface area contributed by atoms with Crippen molar-refractivity contribution in [3.63, 3.8) is 0 Å². The van der Waals surface area contributed by atoms with Crippen LogP contribution in [0.15, 0.2) is 12.2 Å². The highest BCUT2D eigenvalue weighted by atomic mass is 16.6. The van der Waals surface area contributed by atoms with Gasteiger partial charge in [-0.15, -0.1) is 0 Å². The summed E-state index contributed by atoms with van der Waals surface area (Å²) in [7, 11) is 0. The number of allylic oxidation sites excluding steroid dienone is 2. The third-order valence-corrected chi connectivity index (χ3v) is 4.45. The molecule has 0 aromatic carbocycles. The number of rotatable bonds is 1. The third-order valence-electron chi connectivity index (χ3n) is 4.45. The van der Waals surface area contributed by atoms with Crippen molar-refractivity contribution in [2.24, 2.45) is 23.7 Å². The lowest BCUT2D eigenvalue weighted by molar-refractivity contribution is -0.137. The predicted molar refractivity (Wildman–Crippen MR) is 61.1 cm³/mol. The molecule has 0 unspecified atom stereocenters. The van der Waals surface area contributed by atoms with Crippen LogP contribution < -0.4 is 0 Å². The van der Waals surface area contributed by atoms with Gasteiger partial charge in [0, 0.05) is 5.92 Å². The Morgan fingerprint density at radius 2 is 2.06 bits per heavy atom. The second-order valence-corrected chi connectivity index (χ2v) is 5.28. The van der Waals surface area contributed by atoms with Crippen molar-refractivity contribution in [2.75, 3.05) is 13.2 Å². The summed E-state index contributed by atoms with van der Waals surface area (Å²) < 4.78 is 4.84. The van der Waals surface area contributed by atoms with Gasteiger partial charge in [0.25, 0.3) is 0 Å². The van der Waals surface area contributed by atoms with Crippen LogP contribution in [-0.2, 0) is 9.53 Å². The van der Waals surface area contributed by atoms with Crippen LogP contribution in [0, 0.1) is 23.7 Å². The molecule has 2 fully saturated rings. The molecule has 4 aliphatic rings. The number of ether oxygens (including phenoxy) is 1. The molecule has 1 aliphatic heterocycles. The van der Waals surface area contributed by atoms with Crippen LogP contribution in [0.1, 0.15) is 19.8 Å². The summed E-state index contributed by atoms with van der Waals surface area (Å²) in [6.45, 7) is 2.89. The zero-order chi connectivity index (χ0) is 12.0. The summed E-state index contributed by atoms with van der Waals surface area (Å²) in [5, 5.41) is 0. The minimum Gasteiger partial charge on any atom is -0.447 e. The number of imide groups is 1. The monoisotopic (exact) mass is 235 g/mol. The van der Waals surface area contributed by atoms with Gasteiger partial charge in [-0.2, -0.15) is 0 Å². The second-order valence-electron chi connectivity index (χ2n) is 5.28. The lowest BCUT2D eigenvalue weighted by Crippen LogP contribution is -2.47. The van der Waals surface area contributed by atoms with Gasteiger partial charge in [-0.25, -0.2) is 9.69 Å². The van der Waals surface area contributed by atoms with E-state index in [2.05, 4.69) is 19.1 Å². The molecule has 4 rings (SSSR count). The summed E-state index contributed by atoms with van der Waals surface area (Å²) >= 11 is 0. The maximum Gasteiger partial charge on any atom is 0.416 e. The number of carbonyl (C=O) groups is 2. The Balaban J connectivity index is 1.82. The average Bonchev–Trinajstić information content (AvgIpc) is 2.76. The highest BCUT2D eigenvalue weighted by Gasteiger charge is 2.45.